The molecule has 0 bridgehead atoms. The van der Waals surface area contributed by atoms with Crippen LogP contribution in [0.2, 0.25) is 0 Å². The lowest BCUT2D eigenvalue weighted by atomic mass is 10.0. The van der Waals surface area contributed by atoms with Gasteiger partial charge < -0.3 is 8.98 Å². The van der Waals surface area contributed by atoms with Crippen LogP contribution in [0.5, 0.6) is 0 Å². The molecule has 0 radical (unpaired) electrons. The fourth-order valence-electron chi connectivity index (χ4n) is 9.80. The Hall–Kier alpha value is -8.13. The Morgan fingerprint density at radius 3 is 1.76 bits per heavy atom. The Balaban J connectivity index is 1.10. The first-order valence-corrected chi connectivity index (χ1v) is 21.6. The van der Waals surface area contributed by atoms with E-state index >= 15 is 0 Å². The molecule has 5 heterocycles. The summed E-state index contributed by atoms with van der Waals surface area (Å²) < 4.78 is 13.8. The van der Waals surface area contributed by atoms with Crippen LogP contribution in [0, 0.1) is 0 Å². The molecule has 0 N–H and O–H groups in total. The Morgan fingerprint density at radius 1 is 0.387 bits per heavy atom. The summed E-state index contributed by atoms with van der Waals surface area (Å²) in [5.74, 6) is 1.71. The highest BCUT2D eigenvalue weighted by molar-refractivity contribution is 7.25. The van der Waals surface area contributed by atoms with Gasteiger partial charge >= 0.3 is 0 Å². The quantitative estimate of drug-likeness (QED) is 0.178. The number of hydrogen-bond donors (Lipinski definition) is 0. The zero-order valence-corrected chi connectivity index (χ0v) is 33.8. The van der Waals surface area contributed by atoms with Crippen molar-refractivity contribution in [3.05, 3.63) is 188 Å². The molecule has 0 unspecified atom stereocenters. The third-order valence-corrected chi connectivity index (χ3v) is 13.7. The number of para-hydroxylation sites is 4. The van der Waals surface area contributed by atoms with Crippen molar-refractivity contribution in [2.45, 2.75) is 0 Å². The molecular formula is C55H31N5OS. The van der Waals surface area contributed by atoms with Gasteiger partial charge in [-0.3, -0.25) is 4.57 Å². The van der Waals surface area contributed by atoms with Crippen LogP contribution in [0.4, 0.5) is 0 Å². The second kappa shape index (κ2) is 12.7. The van der Waals surface area contributed by atoms with Gasteiger partial charge in [0.15, 0.2) is 11.6 Å². The molecule has 288 valence electrons. The molecule has 0 aliphatic carbocycles. The Kier molecular flexibility index (Phi) is 6.89. The van der Waals surface area contributed by atoms with Crippen LogP contribution in [0.25, 0.3) is 131 Å². The van der Waals surface area contributed by atoms with Crippen molar-refractivity contribution < 1.29 is 4.42 Å². The smallest absolute Gasteiger partial charge is 0.238 e. The van der Waals surface area contributed by atoms with Gasteiger partial charge in [0.1, 0.15) is 11.2 Å². The average Bonchev–Trinajstić information content (AvgIpc) is 4.07. The largest absolute Gasteiger partial charge is 0.456 e. The minimum Gasteiger partial charge on any atom is -0.456 e. The third-order valence-electron chi connectivity index (χ3n) is 12.5. The van der Waals surface area contributed by atoms with E-state index in [4.69, 9.17) is 19.4 Å². The maximum atomic E-state index is 6.77. The highest BCUT2D eigenvalue weighted by atomic mass is 32.1. The van der Waals surface area contributed by atoms with Crippen LogP contribution >= 0.6 is 11.3 Å². The molecule has 0 atom stereocenters. The summed E-state index contributed by atoms with van der Waals surface area (Å²) in [6.45, 7) is 0. The molecule has 14 aromatic rings. The number of thiophene rings is 1. The van der Waals surface area contributed by atoms with E-state index in [0.717, 1.165) is 71.6 Å². The summed E-state index contributed by atoms with van der Waals surface area (Å²) in [4.78, 5) is 16.3. The second-order valence-electron chi connectivity index (χ2n) is 16.0. The SMILES string of the molecule is c1ccc2cc3c(cc2c1)c1ccccc1n3-c1cc(-c2nc(-c3ccc4c(c3)sc3ccccc34)nc(-n3c4ccccc4c4ccccc43)n2)c2c(c1)oc1ccccc12. The highest BCUT2D eigenvalue weighted by Gasteiger charge is 2.23. The van der Waals surface area contributed by atoms with Crippen LogP contribution in [-0.2, 0) is 0 Å². The molecule has 0 saturated carbocycles. The molecule has 0 saturated heterocycles. The molecule has 6 nitrogen and oxygen atoms in total. The maximum absolute atomic E-state index is 6.77. The first-order valence-electron chi connectivity index (χ1n) is 20.8. The lowest BCUT2D eigenvalue weighted by Gasteiger charge is -2.14. The standard InChI is InChI=1S/C55H31N5OS/c1-2-14-33-28-47-42(27-32(33)13-1)38-17-5-8-20-44(38)59(47)35-30-43(52-41-19-6-11-23-48(41)61-49(52)31-35)54-56-53(34-25-26-40-39-18-7-12-24-50(39)62-51(40)29-34)57-55(58-54)60-45-21-9-3-15-36(45)37-16-4-10-22-46(37)60/h1-31H. The lowest BCUT2D eigenvalue weighted by molar-refractivity contribution is 0.668. The molecule has 0 aliphatic rings. The first-order chi connectivity index (χ1) is 30.7. The van der Waals surface area contributed by atoms with Gasteiger partial charge in [0, 0.05) is 69.7 Å². The summed E-state index contributed by atoms with van der Waals surface area (Å²) in [5, 5.41) is 11.5. The fourth-order valence-corrected chi connectivity index (χ4v) is 10.9. The van der Waals surface area contributed by atoms with Crippen molar-refractivity contribution in [2.24, 2.45) is 0 Å². The summed E-state index contributed by atoms with van der Waals surface area (Å²) in [6, 6.07) is 66.7. The van der Waals surface area contributed by atoms with E-state index in [2.05, 4.69) is 185 Å². The zero-order chi connectivity index (χ0) is 40.5. The number of rotatable bonds is 4. The number of hydrogen-bond acceptors (Lipinski definition) is 5. The maximum Gasteiger partial charge on any atom is 0.238 e. The molecule has 0 fully saturated rings. The van der Waals surface area contributed by atoms with Crippen LogP contribution in [-0.4, -0.2) is 24.1 Å². The number of benzene rings is 9. The van der Waals surface area contributed by atoms with Crippen LogP contribution in [0.1, 0.15) is 0 Å². The van der Waals surface area contributed by atoms with Crippen molar-refractivity contribution in [1.29, 1.82) is 0 Å². The summed E-state index contributed by atoms with van der Waals surface area (Å²) in [6.07, 6.45) is 0. The van der Waals surface area contributed by atoms with Gasteiger partial charge in [-0.15, -0.1) is 11.3 Å². The topological polar surface area (TPSA) is 61.7 Å². The molecule has 9 aromatic carbocycles. The monoisotopic (exact) mass is 809 g/mol. The number of fused-ring (bicyclic) bond motifs is 13. The van der Waals surface area contributed by atoms with E-state index in [0.29, 0.717) is 17.6 Å². The van der Waals surface area contributed by atoms with Crippen molar-refractivity contribution in [3.8, 4) is 34.4 Å². The van der Waals surface area contributed by atoms with E-state index in [9.17, 15) is 0 Å². The molecule has 7 heteroatoms. The fraction of sp³-hybridized carbons (Fsp3) is 0. The Morgan fingerprint density at radius 2 is 0.984 bits per heavy atom. The van der Waals surface area contributed by atoms with E-state index in [-0.39, 0.29) is 0 Å². The molecule has 14 rings (SSSR count). The second-order valence-corrected chi connectivity index (χ2v) is 17.1. The molecule has 0 aliphatic heterocycles. The molecule has 5 aromatic heterocycles. The molecule has 62 heavy (non-hydrogen) atoms. The van der Waals surface area contributed by atoms with Crippen LogP contribution in [0.15, 0.2) is 192 Å². The normalized spacial score (nSPS) is 12.2. The summed E-state index contributed by atoms with van der Waals surface area (Å²) >= 11 is 1.79. The van der Waals surface area contributed by atoms with E-state index < -0.39 is 0 Å². The van der Waals surface area contributed by atoms with Crippen LogP contribution < -0.4 is 0 Å². The summed E-state index contributed by atoms with van der Waals surface area (Å²) in [5.41, 5.74) is 8.60. The predicted octanol–water partition coefficient (Wildman–Crippen LogP) is 14.8. The highest BCUT2D eigenvalue weighted by Crippen LogP contribution is 2.42. The Labute approximate surface area is 357 Å². The number of nitrogens with zero attached hydrogens (tertiary/aromatic N) is 5. The zero-order valence-electron chi connectivity index (χ0n) is 33.0. The third kappa shape index (κ3) is 4.82. The van der Waals surface area contributed by atoms with Gasteiger partial charge in [0.25, 0.3) is 0 Å². The minimum absolute atomic E-state index is 0.550. The molecule has 0 amide bonds. The van der Waals surface area contributed by atoms with Crippen molar-refractivity contribution in [1.82, 2.24) is 24.1 Å². The van der Waals surface area contributed by atoms with Gasteiger partial charge in [-0.25, -0.2) is 4.98 Å². The van der Waals surface area contributed by atoms with Crippen molar-refractivity contribution in [3.63, 3.8) is 0 Å². The molecule has 0 spiro atoms. The van der Waals surface area contributed by atoms with Gasteiger partial charge in [-0.1, -0.05) is 127 Å². The van der Waals surface area contributed by atoms with Gasteiger partial charge in [-0.2, -0.15) is 9.97 Å². The Bertz CT molecular complexity index is 4130. The van der Waals surface area contributed by atoms with Crippen molar-refractivity contribution >= 4 is 108 Å². The van der Waals surface area contributed by atoms with E-state index in [1.807, 2.05) is 12.1 Å². The van der Waals surface area contributed by atoms with Gasteiger partial charge in [0.2, 0.25) is 5.95 Å². The summed E-state index contributed by atoms with van der Waals surface area (Å²) in [7, 11) is 0. The minimum atomic E-state index is 0.550. The number of aromatic nitrogens is 5. The van der Waals surface area contributed by atoms with Gasteiger partial charge in [-0.05, 0) is 65.4 Å². The lowest BCUT2D eigenvalue weighted by Crippen LogP contribution is -2.07. The first kappa shape index (κ1) is 33.7. The van der Waals surface area contributed by atoms with E-state index in [1.54, 1.807) is 11.3 Å². The van der Waals surface area contributed by atoms with Gasteiger partial charge in [0.05, 0.1) is 27.8 Å². The predicted molar refractivity (Wildman–Crippen MR) is 257 cm³/mol. The average molecular weight is 810 g/mol. The molecular weight excluding hydrogens is 779 g/mol. The number of furan rings is 1. The van der Waals surface area contributed by atoms with Crippen molar-refractivity contribution in [2.75, 3.05) is 0 Å². The van der Waals surface area contributed by atoms with Crippen LogP contribution in [0.3, 0.4) is 0 Å². The van der Waals surface area contributed by atoms with E-state index in [1.165, 1.54) is 41.7 Å².